The molecule has 0 N–H and O–H groups in total. The maximum absolute atomic E-state index is 13.5. The second-order valence-electron chi connectivity index (χ2n) is 5.74. The van der Waals surface area contributed by atoms with E-state index in [1.807, 2.05) is 74.5 Å². The molecule has 0 aliphatic heterocycles. The molecule has 1 unspecified atom stereocenters. The lowest BCUT2D eigenvalue weighted by atomic mass is 10.0. The molecule has 5 nitrogen and oxygen atoms in total. The third-order valence-electron chi connectivity index (χ3n) is 3.81. The maximum atomic E-state index is 13.5. The van der Waals surface area contributed by atoms with Crippen LogP contribution in [0.2, 0.25) is 0 Å². The lowest BCUT2D eigenvalue weighted by Gasteiger charge is -2.25. The zero-order valence-corrected chi connectivity index (χ0v) is 17.1. The van der Waals surface area contributed by atoms with E-state index in [0.717, 1.165) is 16.8 Å². The van der Waals surface area contributed by atoms with Gasteiger partial charge in [0.1, 0.15) is 6.29 Å². The molecule has 0 radical (unpaired) electrons. The van der Waals surface area contributed by atoms with Crippen molar-refractivity contribution >= 4 is 13.1 Å². The van der Waals surface area contributed by atoms with Crippen LogP contribution in [0.5, 0.6) is 0 Å². The highest BCUT2D eigenvalue weighted by molar-refractivity contribution is 7.59. The van der Waals surface area contributed by atoms with Gasteiger partial charge in [0.15, 0.2) is 0 Å². The summed E-state index contributed by atoms with van der Waals surface area (Å²) in [7, 11) is -3.29. The minimum atomic E-state index is -3.29. The van der Waals surface area contributed by atoms with Crippen LogP contribution >= 0.6 is 7.37 Å². The fourth-order valence-electron chi connectivity index (χ4n) is 2.66. The summed E-state index contributed by atoms with van der Waals surface area (Å²) in [5, 5.41) is 0. The smallest absolute Gasteiger partial charge is 0.278 e. The lowest BCUT2D eigenvalue weighted by molar-refractivity contribution is -0.0888. The average molecular weight is 389 g/mol. The number of hydrogen-bond acceptors (Lipinski definition) is 5. The largest absolute Gasteiger partial charge is 0.345 e. The van der Waals surface area contributed by atoms with E-state index in [1.54, 1.807) is 6.92 Å². The second-order valence-corrected chi connectivity index (χ2v) is 8.16. The van der Waals surface area contributed by atoms with Crippen LogP contribution in [0.4, 0.5) is 0 Å². The number of ether oxygens (including phenoxy) is 2. The van der Waals surface area contributed by atoms with E-state index in [0.29, 0.717) is 19.8 Å². The van der Waals surface area contributed by atoms with Crippen molar-refractivity contribution in [3.8, 4) is 0 Å². The molecule has 2 aromatic rings. The number of rotatable bonds is 11. The third-order valence-corrected chi connectivity index (χ3v) is 5.98. The Hall–Kier alpha value is -1.78. The Labute approximate surface area is 161 Å². The van der Waals surface area contributed by atoms with Crippen molar-refractivity contribution in [3.63, 3.8) is 0 Å². The van der Waals surface area contributed by atoms with Crippen molar-refractivity contribution in [2.75, 3.05) is 26.1 Å². The van der Waals surface area contributed by atoms with E-state index >= 15 is 0 Å². The molecule has 0 spiro atoms. The van der Waals surface area contributed by atoms with Gasteiger partial charge >= 0.3 is 0 Å². The Kier molecular flexibility index (Phi) is 8.89. The van der Waals surface area contributed by atoms with Gasteiger partial charge in [-0.3, -0.25) is 9.56 Å². The second kappa shape index (κ2) is 11.2. The molecular weight excluding hydrogens is 361 g/mol. The first-order chi connectivity index (χ1) is 13.1. The minimum Gasteiger partial charge on any atom is -0.345 e. The highest BCUT2D eigenvalue weighted by atomic mass is 31.2. The van der Waals surface area contributed by atoms with Gasteiger partial charge < -0.3 is 14.0 Å². The van der Waals surface area contributed by atoms with E-state index in [1.165, 1.54) is 0 Å². The van der Waals surface area contributed by atoms with Gasteiger partial charge in [-0.05, 0) is 20.8 Å². The van der Waals surface area contributed by atoms with Crippen LogP contribution in [0, 0.1) is 0 Å². The van der Waals surface area contributed by atoms with Gasteiger partial charge in [0.2, 0.25) is 6.03 Å². The molecule has 0 aromatic heterocycles. The van der Waals surface area contributed by atoms with Crippen molar-refractivity contribution in [1.29, 1.82) is 0 Å². The maximum Gasteiger partial charge on any atom is 0.278 e. The van der Waals surface area contributed by atoms with Crippen LogP contribution in [0.15, 0.2) is 65.7 Å². The summed E-state index contributed by atoms with van der Waals surface area (Å²) in [6, 6.07) is 18.8. The highest BCUT2D eigenvalue weighted by Crippen LogP contribution is 2.53. The molecule has 0 heterocycles. The molecule has 0 saturated carbocycles. The zero-order chi connectivity index (χ0) is 19.5. The van der Waals surface area contributed by atoms with Crippen LogP contribution < -0.4 is 0 Å². The third kappa shape index (κ3) is 6.12. The van der Waals surface area contributed by atoms with Crippen LogP contribution in [0.25, 0.3) is 0 Å². The van der Waals surface area contributed by atoms with E-state index in [-0.39, 0.29) is 6.29 Å². The Balaban J connectivity index is 2.40. The van der Waals surface area contributed by atoms with Crippen LogP contribution in [-0.4, -0.2) is 37.8 Å². The van der Waals surface area contributed by atoms with Gasteiger partial charge in [0.05, 0.1) is 12.3 Å². The van der Waals surface area contributed by atoms with E-state index < -0.39 is 13.4 Å². The van der Waals surface area contributed by atoms with Gasteiger partial charge in [0.25, 0.3) is 7.37 Å². The predicted molar refractivity (Wildman–Crippen MR) is 110 cm³/mol. The monoisotopic (exact) mass is 389 g/mol. The first kappa shape index (κ1) is 21.5. The molecule has 1 atom stereocenters. The predicted octanol–water partition coefficient (Wildman–Crippen LogP) is 5.15. The molecule has 6 heteroatoms. The molecular formula is C21H28NO4P. The Bertz CT molecular complexity index is 702. The fraction of sp³-hybridized carbons (Fsp3) is 0.381. The summed E-state index contributed by atoms with van der Waals surface area (Å²) in [6.07, 6.45) is -0.00930. The zero-order valence-electron chi connectivity index (χ0n) is 16.2. The topological polar surface area (TPSA) is 57.1 Å². The lowest BCUT2D eigenvalue weighted by Crippen LogP contribution is -2.21. The van der Waals surface area contributed by atoms with Gasteiger partial charge in [-0.1, -0.05) is 60.7 Å². The van der Waals surface area contributed by atoms with Crippen molar-refractivity contribution in [3.05, 3.63) is 71.8 Å². The van der Waals surface area contributed by atoms with Crippen LogP contribution in [0.1, 0.15) is 31.9 Å². The summed E-state index contributed by atoms with van der Waals surface area (Å²) in [5.41, 5.74) is 2.68. The number of nitrogens with zero attached hydrogens (tertiary/aromatic N) is 1. The van der Waals surface area contributed by atoms with Gasteiger partial charge in [0, 0.05) is 24.3 Å². The van der Waals surface area contributed by atoms with Gasteiger partial charge in [-0.2, -0.15) is 0 Å². The van der Waals surface area contributed by atoms with E-state index in [2.05, 4.69) is 0 Å². The van der Waals surface area contributed by atoms with Crippen molar-refractivity contribution in [2.24, 2.45) is 4.99 Å². The Morgan fingerprint density at radius 2 is 1.33 bits per heavy atom. The highest BCUT2D eigenvalue weighted by Gasteiger charge is 2.36. The van der Waals surface area contributed by atoms with Crippen molar-refractivity contribution in [2.45, 2.75) is 26.8 Å². The SMILES string of the molecule is CCOC(OCC)P(=O)(CN=C(c1ccccc1)c1ccccc1)OCC. The summed E-state index contributed by atoms with van der Waals surface area (Å²) in [6.45, 7) is 6.55. The number of hydrogen-bond donors (Lipinski definition) is 0. The molecule has 27 heavy (non-hydrogen) atoms. The number of benzene rings is 2. The van der Waals surface area contributed by atoms with E-state index in [9.17, 15) is 4.57 Å². The summed E-state index contributed by atoms with van der Waals surface area (Å²) in [5.74, 6) is 0. The number of aliphatic imine (C=N–C) groups is 1. The quantitative estimate of drug-likeness (QED) is 0.303. The molecule has 0 fully saturated rings. The molecule has 0 amide bonds. The Morgan fingerprint density at radius 3 is 1.74 bits per heavy atom. The Morgan fingerprint density at radius 1 is 0.852 bits per heavy atom. The fourth-order valence-corrected chi connectivity index (χ4v) is 4.52. The first-order valence-corrected chi connectivity index (χ1v) is 11.1. The average Bonchev–Trinajstić information content (AvgIpc) is 2.70. The molecule has 0 aliphatic rings. The standard InChI is InChI=1S/C21H28NO4P/c1-4-24-21(25-5-2)27(23,26-6-3)17-22-20(18-13-9-7-10-14-18)19-15-11-8-12-16-19/h7-16,21H,4-6,17H2,1-3H3. The molecule has 146 valence electrons. The summed E-state index contributed by atoms with van der Waals surface area (Å²) >= 11 is 0. The summed E-state index contributed by atoms with van der Waals surface area (Å²) < 4.78 is 30.2. The van der Waals surface area contributed by atoms with Gasteiger partial charge in [-0.25, -0.2) is 0 Å². The molecule has 0 bridgehead atoms. The van der Waals surface area contributed by atoms with Crippen molar-refractivity contribution in [1.82, 2.24) is 0 Å². The van der Waals surface area contributed by atoms with Crippen LogP contribution in [0.3, 0.4) is 0 Å². The normalized spacial score (nSPS) is 13.3. The van der Waals surface area contributed by atoms with Gasteiger partial charge in [-0.15, -0.1) is 0 Å². The minimum absolute atomic E-state index is 0.00930. The first-order valence-electron chi connectivity index (χ1n) is 9.26. The molecule has 0 aliphatic carbocycles. The summed E-state index contributed by atoms with van der Waals surface area (Å²) in [4.78, 5) is 4.71. The van der Waals surface area contributed by atoms with Crippen LogP contribution in [-0.2, 0) is 18.6 Å². The molecule has 0 saturated heterocycles. The van der Waals surface area contributed by atoms with Crippen molar-refractivity contribution < 1.29 is 18.6 Å². The molecule has 2 rings (SSSR count). The van der Waals surface area contributed by atoms with E-state index in [4.69, 9.17) is 19.0 Å². The molecule has 2 aromatic carbocycles.